The Hall–Kier alpha value is -3.98. The number of imide groups is 1. The Kier molecular flexibility index (Phi) is 5.18. The number of fused-ring (bicyclic) bond motifs is 1. The van der Waals surface area contributed by atoms with Gasteiger partial charge in [-0.25, -0.2) is 4.79 Å². The average Bonchev–Trinajstić information content (AvgIpc) is 3.33. The first-order valence-corrected chi connectivity index (χ1v) is 10.5. The highest BCUT2D eigenvalue weighted by Gasteiger charge is 2.48. The van der Waals surface area contributed by atoms with E-state index in [9.17, 15) is 14.4 Å². The number of aromatic nitrogens is 2. The predicted octanol–water partition coefficient (Wildman–Crippen LogP) is 2.76. The van der Waals surface area contributed by atoms with E-state index in [1.54, 1.807) is 53.8 Å². The molecule has 4 amide bonds. The van der Waals surface area contributed by atoms with Crippen LogP contribution in [0.25, 0.3) is 11.3 Å². The Morgan fingerprint density at radius 3 is 2.58 bits per heavy atom. The quantitative estimate of drug-likeness (QED) is 0.543. The summed E-state index contributed by atoms with van der Waals surface area (Å²) in [7, 11) is 0. The number of nitrogens with one attached hydrogen (secondary N) is 2. The molecule has 2 aromatic carbocycles. The summed E-state index contributed by atoms with van der Waals surface area (Å²) in [6.07, 6.45) is 5.04. The van der Waals surface area contributed by atoms with Crippen molar-refractivity contribution in [3.05, 3.63) is 77.7 Å². The number of rotatable bonds is 6. The molecular formula is C23H18ClN5O4. The van der Waals surface area contributed by atoms with Crippen molar-refractivity contribution in [2.24, 2.45) is 0 Å². The number of hydrogen-bond donors (Lipinski definition) is 2. The maximum atomic E-state index is 12.9. The van der Waals surface area contributed by atoms with Crippen LogP contribution < -0.4 is 14.9 Å². The second-order valence-corrected chi connectivity index (χ2v) is 8.01. The first-order valence-electron chi connectivity index (χ1n) is 10.2. The van der Waals surface area contributed by atoms with Crippen LogP contribution in [-0.4, -0.2) is 39.3 Å². The number of halogens is 1. The van der Waals surface area contributed by atoms with Crippen LogP contribution >= 0.6 is 11.9 Å². The van der Waals surface area contributed by atoms with Crippen LogP contribution in [0, 0.1) is 0 Å². The first-order chi connectivity index (χ1) is 16.0. The number of benzene rings is 2. The lowest BCUT2D eigenvalue weighted by Crippen LogP contribution is -2.46. The van der Waals surface area contributed by atoms with Crippen LogP contribution in [0.1, 0.15) is 27.9 Å². The van der Waals surface area contributed by atoms with Gasteiger partial charge < -0.3 is 14.5 Å². The average molecular weight is 464 g/mol. The smallest absolute Gasteiger partial charge is 0.322 e. The molecule has 1 aromatic heterocycles. The molecule has 5 rings (SSSR count). The third kappa shape index (κ3) is 3.66. The number of amides is 4. The van der Waals surface area contributed by atoms with Crippen LogP contribution in [0.5, 0.6) is 5.75 Å². The maximum absolute atomic E-state index is 12.9. The van der Waals surface area contributed by atoms with Crippen LogP contribution in [0.4, 0.5) is 4.79 Å². The maximum Gasteiger partial charge on any atom is 0.322 e. The summed E-state index contributed by atoms with van der Waals surface area (Å²) in [5.74, 6) is -0.257. The molecule has 2 aliphatic rings. The van der Waals surface area contributed by atoms with E-state index < -0.39 is 17.5 Å². The van der Waals surface area contributed by atoms with Crippen molar-refractivity contribution < 1.29 is 18.7 Å². The van der Waals surface area contributed by atoms with Crippen LogP contribution in [0.3, 0.4) is 0 Å². The van der Waals surface area contributed by atoms with Gasteiger partial charge in [0, 0.05) is 43.0 Å². The Bertz CT molecular complexity index is 1250. The van der Waals surface area contributed by atoms with Crippen molar-refractivity contribution in [1.29, 1.82) is 0 Å². The molecule has 1 atom stereocenters. The minimum Gasteiger partial charge on any atom is -0.386 e. The van der Waals surface area contributed by atoms with Crippen molar-refractivity contribution in [1.82, 2.24) is 25.5 Å². The second-order valence-electron chi connectivity index (χ2n) is 7.85. The molecule has 1 fully saturated rings. The highest BCUT2D eigenvalue weighted by atomic mass is 35.5. The summed E-state index contributed by atoms with van der Waals surface area (Å²) in [4.78, 5) is 47.8. The molecule has 2 aliphatic heterocycles. The SMILES string of the molecule is O=C1NC(=O)[C@](CCN2Cc3ccc(OCl)cc3C2=O)(c2ccc(-c3cnccn3)cc2)N1. The molecule has 0 radical (unpaired) electrons. The van der Waals surface area contributed by atoms with Crippen LogP contribution in [0.15, 0.2) is 61.1 Å². The molecule has 10 heteroatoms. The Morgan fingerprint density at radius 2 is 1.91 bits per heavy atom. The van der Waals surface area contributed by atoms with Crippen molar-refractivity contribution in [3.8, 4) is 17.0 Å². The molecular weight excluding hydrogens is 446 g/mol. The normalized spacial score (nSPS) is 19.3. The molecule has 33 heavy (non-hydrogen) atoms. The summed E-state index contributed by atoms with van der Waals surface area (Å²) in [6, 6.07) is 11.7. The van der Waals surface area contributed by atoms with E-state index in [1.807, 2.05) is 12.1 Å². The van der Waals surface area contributed by atoms with E-state index in [-0.39, 0.29) is 18.9 Å². The highest BCUT2D eigenvalue weighted by Crippen LogP contribution is 2.33. The van der Waals surface area contributed by atoms with Gasteiger partial charge in [-0.15, -0.1) is 0 Å². The number of nitrogens with zero attached hydrogens (tertiary/aromatic N) is 3. The standard InChI is InChI=1S/C23H18ClN5O4/c24-33-17-6-3-15-13-29(20(30)18(15)11-17)10-7-23(21(31)27-22(32)28-23)16-4-1-14(2-5-16)19-12-25-8-9-26-19/h1-6,8-9,11-12H,7,10,13H2,(H2,27,28,31,32)/t23-/m0/s1. The van der Waals surface area contributed by atoms with Gasteiger partial charge in [0.25, 0.3) is 11.8 Å². The lowest BCUT2D eigenvalue weighted by Gasteiger charge is -2.29. The number of hydrogen-bond acceptors (Lipinski definition) is 6. The highest BCUT2D eigenvalue weighted by molar-refractivity contribution is 6.09. The van der Waals surface area contributed by atoms with E-state index in [0.29, 0.717) is 29.1 Å². The van der Waals surface area contributed by atoms with E-state index in [4.69, 9.17) is 16.2 Å². The van der Waals surface area contributed by atoms with Gasteiger partial charge in [-0.2, -0.15) is 0 Å². The molecule has 9 nitrogen and oxygen atoms in total. The zero-order valence-electron chi connectivity index (χ0n) is 17.2. The molecule has 166 valence electrons. The lowest BCUT2D eigenvalue weighted by molar-refractivity contribution is -0.124. The van der Waals surface area contributed by atoms with Crippen molar-refractivity contribution >= 4 is 29.7 Å². The Balaban J connectivity index is 1.39. The zero-order valence-corrected chi connectivity index (χ0v) is 18.0. The Labute approximate surface area is 193 Å². The van der Waals surface area contributed by atoms with Crippen molar-refractivity contribution in [2.45, 2.75) is 18.5 Å². The van der Waals surface area contributed by atoms with E-state index >= 15 is 0 Å². The molecule has 2 N–H and O–H groups in total. The van der Waals surface area contributed by atoms with Crippen molar-refractivity contribution in [3.63, 3.8) is 0 Å². The summed E-state index contributed by atoms with van der Waals surface area (Å²) in [6.45, 7) is 0.651. The molecule has 1 saturated heterocycles. The van der Waals surface area contributed by atoms with Gasteiger partial charge in [0.1, 0.15) is 23.2 Å². The topological polar surface area (TPSA) is 114 Å². The lowest BCUT2D eigenvalue weighted by atomic mass is 9.85. The molecule has 0 spiro atoms. The summed E-state index contributed by atoms with van der Waals surface area (Å²) < 4.78 is 4.70. The minimum atomic E-state index is -1.29. The molecule has 0 bridgehead atoms. The summed E-state index contributed by atoms with van der Waals surface area (Å²) in [5, 5.41) is 5.09. The van der Waals surface area contributed by atoms with Gasteiger partial charge in [0.15, 0.2) is 0 Å². The molecule has 3 heterocycles. The molecule has 0 unspecified atom stereocenters. The fraction of sp³-hybridized carbons (Fsp3) is 0.174. The van der Waals surface area contributed by atoms with Gasteiger partial charge in [-0.1, -0.05) is 30.3 Å². The second kappa shape index (κ2) is 8.18. The largest absolute Gasteiger partial charge is 0.386 e. The number of carbonyl (C=O) groups is 3. The van der Waals surface area contributed by atoms with Crippen LogP contribution in [0.2, 0.25) is 0 Å². The van der Waals surface area contributed by atoms with Gasteiger partial charge in [0.05, 0.1) is 11.9 Å². The first kappa shape index (κ1) is 20.9. The summed E-state index contributed by atoms with van der Waals surface area (Å²) in [5.41, 5.74) is 2.20. The fourth-order valence-corrected chi connectivity index (χ4v) is 4.36. The number of urea groups is 1. The summed E-state index contributed by atoms with van der Waals surface area (Å²) >= 11 is 5.41. The third-order valence-electron chi connectivity index (χ3n) is 5.98. The van der Waals surface area contributed by atoms with E-state index in [1.165, 1.54) is 0 Å². The molecule has 3 aromatic rings. The zero-order chi connectivity index (χ0) is 23.0. The van der Waals surface area contributed by atoms with Crippen LogP contribution in [-0.2, 0) is 16.9 Å². The Morgan fingerprint density at radius 1 is 1.09 bits per heavy atom. The van der Waals surface area contributed by atoms with E-state index in [2.05, 4.69) is 20.6 Å². The predicted molar refractivity (Wildman–Crippen MR) is 118 cm³/mol. The molecule has 0 saturated carbocycles. The molecule has 0 aliphatic carbocycles. The fourth-order valence-electron chi connectivity index (χ4n) is 4.26. The third-order valence-corrected chi connectivity index (χ3v) is 6.16. The van der Waals surface area contributed by atoms with Gasteiger partial charge >= 0.3 is 6.03 Å². The van der Waals surface area contributed by atoms with Gasteiger partial charge in [-0.3, -0.25) is 24.9 Å². The van der Waals surface area contributed by atoms with Crippen molar-refractivity contribution in [2.75, 3.05) is 6.54 Å². The minimum absolute atomic E-state index is 0.182. The van der Waals surface area contributed by atoms with Gasteiger partial charge in [-0.05, 0) is 23.3 Å². The number of carbonyl (C=O) groups excluding carboxylic acids is 3. The van der Waals surface area contributed by atoms with Gasteiger partial charge in [0.2, 0.25) is 0 Å². The van der Waals surface area contributed by atoms with E-state index in [0.717, 1.165) is 11.1 Å². The monoisotopic (exact) mass is 463 g/mol.